The first kappa shape index (κ1) is 13.8. The van der Waals surface area contributed by atoms with Crippen LogP contribution >= 0.6 is 11.6 Å². The van der Waals surface area contributed by atoms with E-state index in [0.717, 1.165) is 0 Å². The second kappa shape index (κ2) is 5.89. The van der Waals surface area contributed by atoms with Crippen LogP contribution in [0.1, 0.15) is 12.0 Å². The average Bonchev–Trinajstić information content (AvgIpc) is 2.29. The summed E-state index contributed by atoms with van der Waals surface area (Å²) in [6.45, 7) is 0. The number of hydrogen-bond donors (Lipinski definition) is 3. The standard InChI is InChI=1S/C11H9ClN2O4/c12-7-3-6(5-13)1-2-8(7)14-9(11(17)18)4-10(15)16/h1-3,9,14H,4H2,(H,15,16)(H,17,18). The number of rotatable bonds is 5. The van der Waals surface area contributed by atoms with Crippen molar-refractivity contribution in [1.29, 1.82) is 5.26 Å². The van der Waals surface area contributed by atoms with Crippen LogP contribution in [0.2, 0.25) is 5.02 Å². The van der Waals surface area contributed by atoms with Crippen molar-refractivity contribution in [3.63, 3.8) is 0 Å². The van der Waals surface area contributed by atoms with Gasteiger partial charge >= 0.3 is 11.9 Å². The lowest BCUT2D eigenvalue weighted by atomic mass is 10.1. The Morgan fingerprint density at radius 1 is 1.44 bits per heavy atom. The second-order valence-electron chi connectivity index (χ2n) is 3.44. The van der Waals surface area contributed by atoms with E-state index >= 15 is 0 Å². The minimum atomic E-state index is -1.29. The lowest BCUT2D eigenvalue weighted by molar-refractivity contribution is -0.144. The normalized spacial score (nSPS) is 11.3. The predicted octanol–water partition coefficient (Wildman–Crippen LogP) is 1.55. The monoisotopic (exact) mass is 268 g/mol. The molecule has 1 atom stereocenters. The van der Waals surface area contributed by atoms with Gasteiger partial charge in [-0.15, -0.1) is 0 Å². The first-order valence-corrected chi connectivity index (χ1v) is 5.22. The number of hydrogen-bond acceptors (Lipinski definition) is 4. The Hall–Kier alpha value is -2.26. The Balaban J connectivity index is 2.91. The number of nitriles is 1. The molecule has 0 bridgehead atoms. The van der Waals surface area contributed by atoms with Gasteiger partial charge in [-0.1, -0.05) is 11.6 Å². The molecular formula is C11H9ClN2O4. The summed E-state index contributed by atoms with van der Waals surface area (Å²) in [7, 11) is 0. The van der Waals surface area contributed by atoms with Gasteiger partial charge in [0.05, 0.1) is 28.8 Å². The molecule has 0 aromatic heterocycles. The van der Waals surface area contributed by atoms with Gasteiger partial charge in [-0.05, 0) is 18.2 Å². The molecular weight excluding hydrogens is 260 g/mol. The maximum Gasteiger partial charge on any atom is 0.326 e. The molecule has 18 heavy (non-hydrogen) atoms. The zero-order chi connectivity index (χ0) is 13.7. The molecule has 0 saturated carbocycles. The van der Waals surface area contributed by atoms with Crippen molar-refractivity contribution in [3.05, 3.63) is 28.8 Å². The molecule has 0 amide bonds. The van der Waals surface area contributed by atoms with Gasteiger partial charge in [-0.2, -0.15) is 5.26 Å². The Kier molecular flexibility index (Phi) is 4.52. The van der Waals surface area contributed by atoms with Gasteiger partial charge in [-0.3, -0.25) is 4.79 Å². The Morgan fingerprint density at radius 3 is 2.56 bits per heavy atom. The zero-order valence-corrected chi connectivity index (χ0v) is 9.81. The van der Waals surface area contributed by atoms with Crippen molar-refractivity contribution in [2.45, 2.75) is 12.5 Å². The summed E-state index contributed by atoms with van der Waals surface area (Å²) < 4.78 is 0. The molecule has 0 aliphatic carbocycles. The van der Waals surface area contributed by atoms with Gasteiger partial charge in [-0.25, -0.2) is 4.79 Å². The summed E-state index contributed by atoms with van der Waals surface area (Å²) in [5.41, 5.74) is 0.597. The fourth-order valence-corrected chi connectivity index (χ4v) is 1.50. The molecule has 6 nitrogen and oxygen atoms in total. The Bertz CT molecular complexity index is 524. The summed E-state index contributed by atoms with van der Waals surface area (Å²) >= 11 is 5.84. The third-order valence-corrected chi connectivity index (χ3v) is 2.42. The quantitative estimate of drug-likeness (QED) is 0.747. The lowest BCUT2D eigenvalue weighted by Gasteiger charge is -2.14. The van der Waals surface area contributed by atoms with Crippen LogP contribution in [0.15, 0.2) is 18.2 Å². The molecule has 3 N–H and O–H groups in total. The summed E-state index contributed by atoms with van der Waals surface area (Å²) in [6, 6.07) is 4.84. The number of carbonyl (C=O) groups is 2. The Labute approximate surface area is 107 Å². The molecule has 0 aliphatic rings. The van der Waals surface area contributed by atoms with Gasteiger partial charge < -0.3 is 15.5 Å². The summed E-state index contributed by atoms with van der Waals surface area (Å²) in [5.74, 6) is -2.53. The van der Waals surface area contributed by atoms with Gasteiger partial charge in [0.1, 0.15) is 6.04 Å². The topological polar surface area (TPSA) is 110 Å². The van der Waals surface area contributed by atoms with E-state index in [1.165, 1.54) is 18.2 Å². The minimum Gasteiger partial charge on any atom is -0.481 e. The highest BCUT2D eigenvalue weighted by atomic mass is 35.5. The molecule has 0 saturated heterocycles. The largest absolute Gasteiger partial charge is 0.481 e. The van der Waals surface area contributed by atoms with E-state index in [0.29, 0.717) is 5.56 Å². The highest BCUT2D eigenvalue weighted by Crippen LogP contribution is 2.24. The van der Waals surface area contributed by atoms with Crippen LogP contribution in [0.25, 0.3) is 0 Å². The molecule has 0 heterocycles. The average molecular weight is 269 g/mol. The van der Waals surface area contributed by atoms with E-state index in [2.05, 4.69) is 5.32 Å². The molecule has 0 spiro atoms. The third kappa shape index (κ3) is 3.64. The van der Waals surface area contributed by atoms with Crippen LogP contribution in [0.3, 0.4) is 0 Å². The molecule has 1 aromatic carbocycles. The number of halogens is 1. The van der Waals surface area contributed by atoms with E-state index in [9.17, 15) is 9.59 Å². The highest BCUT2D eigenvalue weighted by molar-refractivity contribution is 6.33. The van der Waals surface area contributed by atoms with E-state index < -0.39 is 24.4 Å². The van der Waals surface area contributed by atoms with Crippen LogP contribution in [0.4, 0.5) is 5.69 Å². The molecule has 7 heteroatoms. The molecule has 0 aliphatic heterocycles. The molecule has 1 aromatic rings. The van der Waals surface area contributed by atoms with Gasteiger partial charge in [0, 0.05) is 0 Å². The highest BCUT2D eigenvalue weighted by Gasteiger charge is 2.21. The van der Waals surface area contributed by atoms with E-state index in [-0.39, 0.29) is 10.7 Å². The lowest BCUT2D eigenvalue weighted by Crippen LogP contribution is -2.31. The van der Waals surface area contributed by atoms with Crippen LogP contribution in [-0.4, -0.2) is 28.2 Å². The molecule has 94 valence electrons. The van der Waals surface area contributed by atoms with Crippen LogP contribution in [0, 0.1) is 11.3 Å². The number of nitrogens with one attached hydrogen (secondary N) is 1. The minimum absolute atomic E-state index is 0.158. The number of anilines is 1. The van der Waals surface area contributed by atoms with Crippen LogP contribution < -0.4 is 5.32 Å². The van der Waals surface area contributed by atoms with Crippen molar-refractivity contribution >= 4 is 29.2 Å². The maximum atomic E-state index is 10.9. The summed E-state index contributed by atoms with van der Waals surface area (Å²) in [6.07, 6.45) is -0.578. The van der Waals surface area contributed by atoms with Crippen LogP contribution in [0.5, 0.6) is 0 Å². The maximum absolute atomic E-state index is 10.9. The second-order valence-corrected chi connectivity index (χ2v) is 3.85. The van der Waals surface area contributed by atoms with Gasteiger partial charge in [0.25, 0.3) is 0 Å². The summed E-state index contributed by atoms with van der Waals surface area (Å²) in [4.78, 5) is 21.4. The van der Waals surface area contributed by atoms with Crippen molar-refractivity contribution in [2.75, 3.05) is 5.32 Å². The van der Waals surface area contributed by atoms with Crippen LogP contribution in [-0.2, 0) is 9.59 Å². The molecule has 0 radical (unpaired) electrons. The van der Waals surface area contributed by atoms with Gasteiger partial charge in [0.2, 0.25) is 0 Å². The number of carboxylic acids is 2. The number of carboxylic acid groups (broad SMARTS) is 2. The molecule has 0 fully saturated rings. The van der Waals surface area contributed by atoms with Crippen molar-refractivity contribution < 1.29 is 19.8 Å². The fraction of sp³-hybridized carbons (Fsp3) is 0.182. The SMILES string of the molecule is N#Cc1ccc(NC(CC(=O)O)C(=O)O)c(Cl)c1. The first-order chi connectivity index (χ1) is 8.43. The number of nitrogens with zero attached hydrogens (tertiary/aromatic N) is 1. The summed E-state index contributed by atoms with van der Waals surface area (Å²) in [5, 5.41) is 28.7. The zero-order valence-electron chi connectivity index (χ0n) is 9.05. The van der Waals surface area contributed by atoms with E-state index in [1.807, 2.05) is 6.07 Å². The fourth-order valence-electron chi connectivity index (χ4n) is 1.26. The van der Waals surface area contributed by atoms with Crippen molar-refractivity contribution in [1.82, 2.24) is 0 Å². The third-order valence-electron chi connectivity index (χ3n) is 2.10. The number of aliphatic carboxylic acids is 2. The Morgan fingerprint density at radius 2 is 2.11 bits per heavy atom. The van der Waals surface area contributed by atoms with Crippen molar-refractivity contribution in [3.8, 4) is 6.07 Å². The molecule has 1 rings (SSSR count). The van der Waals surface area contributed by atoms with E-state index in [1.54, 1.807) is 0 Å². The van der Waals surface area contributed by atoms with E-state index in [4.69, 9.17) is 27.1 Å². The predicted molar refractivity (Wildman–Crippen MR) is 63.5 cm³/mol. The smallest absolute Gasteiger partial charge is 0.326 e. The molecule has 1 unspecified atom stereocenters. The number of benzene rings is 1. The van der Waals surface area contributed by atoms with Crippen molar-refractivity contribution in [2.24, 2.45) is 0 Å². The first-order valence-electron chi connectivity index (χ1n) is 4.85. The van der Waals surface area contributed by atoms with Gasteiger partial charge in [0.15, 0.2) is 0 Å².